The molecule has 1 aromatic carbocycles. The zero-order chi connectivity index (χ0) is 15.6. The van der Waals surface area contributed by atoms with E-state index in [1.807, 2.05) is 42.5 Å². The topological polar surface area (TPSA) is 70.6 Å². The van der Waals surface area contributed by atoms with Crippen molar-refractivity contribution in [1.29, 1.82) is 5.26 Å². The third-order valence-electron chi connectivity index (χ3n) is 3.96. The smallest absolute Gasteiger partial charge is 0.164 e. The van der Waals surface area contributed by atoms with E-state index in [1.165, 1.54) is 0 Å². The first kappa shape index (κ1) is 13.5. The zero-order valence-corrected chi connectivity index (χ0v) is 12.4. The van der Waals surface area contributed by atoms with E-state index in [0.717, 1.165) is 36.1 Å². The Morgan fingerprint density at radius 3 is 2.65 bits per heavy atom. The van der Waals surface area contributed by atoms with Gasteiger partial charge >= 0.3 is 0 Å². The first-order valence-corrected chi connectivity index (χ1v) is 7.45. The molecule has 0 amide bonds. The molecule has 112 valence electrons. The van der Waals surface area contributed by atoms with E-state index in [-0.39, 0.29) is 0 Å². The van der Waals surface area contributed by atoms with Gasteiger partial charge in [-0.1, -0.05) is 36.4 Å². The summed E-state index contributed by atoms with van der Waals surface area (Å²) in [5, 5.41) is 17.7. The number of hydrogen-bond acceptors (Lipinski definition) is 5. The molecule has 0 saturated carbocycles. The number of aromatic nitrogens is 4. The summed E-state index contributed by atoms with van der Waals surface area (Å²) in [6.07, 6.45) is 0. The zero-order valence-electron chi connectivity index (χ0n) is 12.4. The number of hydrogen-bond donors (Lipinski definition) is 0. The average molecular weight is 302 g/mol. The number of benzene rings is 1. The van der Waals surface area contributed by atoms with Crippen molar-refractivity contribution in [3.63, 3.8) is 0 Å². The predicted octanol–water partition coefficient (Wildman–Crippen LogP) is 2.23. The van der Waals surface area contributed by atoms with Gasteiger partial charge in [-0.2, -0.15) is 5.26 Å². The van der Waals surface area contributed by atoms with Crippen LogP contribution in [0.4, 0.5) is 5.82 Å². The Hall–Kier alpha value is -3.20. The van der Waals surface area contributed by atoms with Gasteiger partial charge in [0.15, 0.2) is 11.6 Å². The van der Waals surface area contributed by atoms with E-state index in [2.05, 4.69) is 30.7 Å². The van der Waals surface area contributed by atoms with Crippen molar-refractivity contribution in [3.05, 3.63) is 60.0 Å². The number of fused-ring (bicyclic) bond motifs is 1. The Kier molecular flexibility index (Phi) is 3.24. The summed E-state index contributed by atoms with van der Waals surface area (Å²) in [5.41, 5.74) is 1.50. The van der Waals surface area contributed by atoms with Crippen LogP contribution < -0.4 is 4.90 Å². The summed E-state index contributed by atoms with van der Waals surface area (Å²) in [6.45, 7) is 2.25. The summed E-state index contributed by atoms with van der Waals surface area (Å²) < 4.78 is 2.15. The second-order valence-electron chi connectivity index (χ2n) is 5.37. The lowest BCUT2D eigenvalue weighted by atomic mass is 10.2. The molecule has 3 aromatic rings. The van der Waals surface area contributed by atoms with Gasteiger partial charge in [0.25, 0.3) is 0 Å². The molecule has 0 N–H and O–H groups in total. The van der Waals surface area contributed by atoms with Crippen LogP contribution in [0.3, 0.4) is 0 Å². The highest BCUT2D eigenvalue weighted by atomic mass is 15.3. The molecule has 0 spiro atoms. The van der Waals surface area contributed by atoms with Gasteiger partial charge < -0.3 is 9.47 Å². The summed E-state index contributed by atoms with van der Waals surface area (Å²) in [5.74, 6) is 2.62. The lowest BCUT2D eigenvalue weighted by molar-refractivity contribution is 0.559. The molecule has 23 heavy (non-hydrogen) atoms. The fraction of sp³-hybridized carbons (Fsp3) is 0.176. The van der Waals surface area contributed by atoms with Gasteiger partial charge in [0.1, 0.15) is 17.6 Å². The molecule has 1 aliphatic rings. The van der Waals surface area contributed by atoms with Crippen LogP contribution in [0.5, 0.6) is 0 Å². The monoisotopic (exact) mass is 302 g/mol. The molecule has 0 aliphatic carbocycles. The fourth-order valence-electron chi connectivity index (χ4n) is 2.82. The molecule has 4 rings (SSSR count). The Bertz CT molecular complexity index is 878. The molecule has 6 nitrogen and oxygen atoms in total. The molecule has 2 aromatic heterocycles. The quantitative estimate of drug-likeness (QED) is 0.726. The molecule has 0 atom stereocenters. The van der Waals surface area contributed by atoms with Crippen molar-refractivity contribution < 1.29 is 0 Å². The van der Waals surface area contributed by atoms with Gasteiger partial charge in [-0.3, -0.25) is 0 Å². The molecular weight excluding hydrogens is 288 g/mol. The summed E-state index contributed by atoms with van der Waals surface area (Å²) in [6, 6.07) is 17.7. The van der Waals surface area contributed by atoms with Crippen molar-refractivity contribution >= 4 is 5.82 Å². The molecule has 0 bridgehead atoms. The molecule has 0 radical (unpaired) electrons. The highest BCUT2D eigenvalue weighted by Gasteiger charge is 2.22. The van der Waals surface area contributed by atoms with Crippen molar-refractivity contribution in [1.82, 2.24) is 19.7 Å². The first-order valence-electron chi connectivity index (χ1n) is 7.45. The van der Waals surface area contributed by atoms with Crippen LogP contribution in [0.25, 0.3) is 11.4 Å². The van der Waals surface area contributed by atoms with E-state index in [0.29, 0.717) is 12.2 Å². The lowest BCUT2D eigenvalue weighted by Crippen LogP contribution is -2.34. The maximum Gasteiger partial charge on any atom is 0.164 e. The second kappa shape index (κ2) is 5.54. The minimum absolute atomic E-state index is 0.430. The maximum atomic E-state index is 8.99. The predicted molar refractivity (Wildman–Crippen MR) is 85.5 cm³/mol. The van der Waals surface area contributed by atoms with E-state index in [1.54, 1.807) is 6.07 Å². The molecule has 0 fully saturated rings. The van der Waals surface area contributed by atoms with Crippen molar-refractivity contribution in [2.24, 2.45) is 0 Å². The van der Waals surface area contributed by atoms with Crippen molar-refractivity contribution in [2.45, 2.75) is 13.1 Å². The average Bonchev–Trinajstić information content (AvgIpc) is 3.05. The van der Waals surface area contributed by atoms with Crippen molar-refractivity contribution in [3.8, 4) is 17.5 Å². The fourth-order valence-corrected chi connectivity index (χ4v) is 2.82. The standard InChI is InChI=1S/C17H14N6/c18-11-14-7-4-8-15(19-14)22-9-10-23-16(12-22)20-21-17(23)13-5-2-1-3-6-13/h1-8H,9-10,12H2. The third-order valence-corrected chi connectivity index (χ3v) is 3.96. The normalized spacial score (nSPS) is 13.4. The molecule has 1 aliphatic heterocycles. The maximum absolute atomic E-state index is 8.99. The minimum atomic E-state index is 0.430. The van der Waals surface area contributed by atoms with Gasteiger partial charge in [-0.25, -0.2) is 4.98 Å². The Labute approximate surface area is 133 Å². The summed E-state index contributed by atoms with van der Waals surface area (Å²) >= 11 is 0. The molecule has 0 saturated heterocycles. The number of nitriles is 1. The molecular formula is C17H14N6. The van der Waals surface area contributed by atoms with Crippen LogP contribution in [-0.4, -0.2) is 26.3 Å². The van der Waals surface area contributed by atoms with Crippen LogP contribution in [-0.2, 0) is 13.1 Å². The van der Waals surface area contributed by atoms with Gasteiger partial charge in [0.05, 0.1) is 6.54 Å². The SMILES string of the molecule is N#Cc1cccc(N2CCn3c(nnc3-c3ccccc3)C2)n1. The molecule has 6 heteroatoms. The third kappa shape index (κ3) is 2.42. The van der Waals surface area contributed by atoms with Crippen LogP contribution in [0.15, 0.2) is 48.5 Å². The Morgan fingerprint density at radius 1 is 0.957 bits per heavy atom. The van der Waals surface area contributed by atoms with Gasteiger partial charge in [0.2, 0.25) is 0 Å². The minimum Gasteiger partial charge on any atom is -0.347 e. The molecule has 3 heterocycles. The second-order valence-corrected chi connectivity index (χ2v) is 5.37. The van der Waals surface area contributed by atoms with E-state index in [4.69, 9.17) is 5.26 Å². The van der Waals surface area contributed by atoms with Crippen LogP contribution in [0.1, 0.15) is 11.5 Å². The largest absolute Gasteiger partial charge is 0.347 e. The Morgan fingerprint density at radius 2 is 1.83 bits per heavy atom. The van der Waals surface area contributed by atoms with Crippen molar-refractivity contribution in [2.75, 3.05) is 11.4 Å². The van der Waals surface area contributed by atoms with Gasteiger partial charge in [0, 0.05) is 18.7 Å². The summed E-state index contributed by atoms with van der Waals surface area (Å²) in [4.78, 5) is 6.48. The molecule has 0 unspecified atom stereocenters. The number of rotatable bonds is 2. The van der Waals surface area contributed by atoms with Crippen LogP contribution in [0.2, 0.25) is 0 Å². The lowest BCUT2D eigenvalue weighted by Gasteiger charge is -2.28. The van der Waals surface area contributed by atoms with E-state index >= 15 is 0 Å². The first-order chi connectivity index (χ1) is 11.3. The van der Waals surface area contributed by atoms with E-state index in [9.17, 15) is 0 Å². The highest BCUT2D eigenvalue weighted by molar-refractivity contribution is 5.55. The highest BCUT2D eigenvalue weighted by Crippen LogP contribution is 2.23. The number of nitrogens with zero attached hydrogens (tertiary/aromatic N) is 6. The van der Waals surface area contributed by atoms with E-state index < -0.39 is 0 Å². The number of anilines is 1. The van der Waals surface area contributed by atoms with Crippen LogP contribution >= 0.6 is 0 Å². The number of pyridine rings is 1. The summed E-state index contributed by atoms with van der Waals surface area (Å²) in [7, 11) is 0. The van der Waals surface area contributed by atoms with Gasteiger partial charge in [-0.05, 0) is 12.1 Å². The Balaban J connectivity index is 1.64. The van der Waals surface area contributed by atoms with Gasteiger partial charge in [-0.15, -0.1) is 10.2 Å². The van der Waals surface area contributed by atoms with Crippen LogP contribution in [0, 0.1) is 11.3 Å².